The van der Waals surface area contributed by atoms with Crippen molar-refractivity contribution in [2.45, 2.75) is 25.9 Å². The van der Waals surface area contributed by atoms with Crippen molar-refractivity contribution >= 4 is 0 Å². The smallest absolute Gasteiger partial charge is 0.0315 e. The summed E-state index contributed by atoms with van der Waals surface area (Å²) in [5.41, 5.74) is 5.62. The molecule has 0 spiro atoms. The summed E-state index contributed by atoms with van der Waals surface area (Å²) in [6.45, 7) is 4.19. The number of fused-ring (bicyclic) bond motifs is 2. The number of pyridine rings is 2. The van der Waals surface area contributed by atoms with E-state index >= 15 is 0 Å². The van der Waals surface area contributed by atoms with Crippen LogP contribution in [0, 0.1) is 0 Å². The highest BCUT2D eigenvalue weighted by Gasteiger charge is 2.06. The van der Waals surface area contributed by atoms with Gasteiger partial charge in [0, 0.05) is 37.9 Å². The molecule has 0 radical (unpaired) electrons. The molecule has 2 aliphatic rings. The summed E-state index contributed by atoms with van der Waals surface area (Å²) in [4.78, 5) is 8.12. The quantitative estimate of drug-likeness (QED) is 0.759. The molecule has 0 unspecified atom stereocenters. The Kier molecular flexibility index (Phi) is 4.35. The first-order valence-electron chi connectivity index (χ1n) is 7.18. The molecule has 4 nitrogen and oxygen atoms in total. The minimum absolute atomic E-state index is 0.989. The van der Waals surface area contributed by atoms with Gasteiger partial charge in [0.15, 0.2) is 0 Å². The summed E-state index contributed by atoms with van der Waals surface area (Å²) >= 11 is 0. The minimum Gasteiger partial charge on any atom is -0.312 e. The molecule has 2 aromatic heterocycles. The topological polar surface area (TPSA) is 49.8 Å². The van der Waals surface area contributed by atoms with Crippen molar-refractivity contribution in [3.8, 4) is 0 Å². The lowest BCUT2D eigenvalue weighted by molar-refractivity contribution is 0.641. The van der Waals surface area contributed by atoms with Crippen molar-refractivity contribution in [3.63, 3.8) is 0 Å². The Morgan fingerprint density at radius 1 is 0.700 bits per heavy atom. The van der Waals surface area contributed by atoms with Crippen LogP contribution in [0.25, 0.3) is 0 Å². The van der Waals surface area contributed by atoms with E-state index in [-0.39, 0.29) is 0 Å². The lowest BCUT2D eigenvalue weighted by Crippen LogP contribution is -2.23. The molecular formula is C16H20N4. The van der Waals surface area contributed by atoms with E-state index in [1.165, 1.54) is 22.3 Å². The molecular weight excluding hydrogens is 248 g/mol. The maximum atomic E-state index is 4.06. The molecule has 0 amide bonds. The fourth-order valence-electron chi connectivity index (χ4n) is 2.61. The lowest BCUT2D eigenvalue weighted by Gasteiger charge is -2.15. The van der Waals surface area contributed by atoms with E-state index < -0.39 is 0 Å². The molecule has 0 bridgehead atoms. The second kappa shape index (κ2) is 6.59. The number of hydrogen-bond acceptors (Lipinski definition) is 4. The molecule has 4 heteroatoms. The van der Waals surface area contributed by atoms with Gasteiger partial charge in [-0.2, -0.15) is 0 Å². The van der Waals surface area contributed by atoms with Gasteiger partial charge in [0.1, 0.15) is 0 Å². The second-order valence-corrected chi connectivity index (χ2v) is 5.14. The summed E-state index contributed by atoms with van der Waals surface area (Å²) in [5, 5.41) is 6.60. The molecule has 0 saturated heterocycles. The maximum absolute atomic E-state index is 4.06. The van der Waals surface area contributed by atoms with Crippen LogP contribution in [0.1, 0.15) is 22.3 Å². The Morgan fingerprint density at radius 2 is 1.20 bits per heavy atom. The highest BCUT2D eigenvalue weighted by atomic mass is 14.9. The first-order chi connectivity index (χ1) is 9.93. The number of nitrogens with zero attached hydrogens (tertiary/aromatic N) is 2. The Balaban J connectivity index is 0.000000121. The van der Waals surface area contributed by atoms with Crippen molar-refractivity contribution < 1.29 is 0 Å². The molecule has 104 valence electrons. The average Bonchev–Trinajstić information content (AvgIpc) is 2.56. The van der Waals surface area contributed by atoms with Crippen molar-refractivity contribution in [2.24, 2.45) is 0 Å². The van der Waals surface area contributed by atoms with E-state index in [0.717, 1.165) is 39.0 Å². The maximum Gasteiger partial charge on any atom is 0.0315 e. The zero-order chi connectivity index (χ0) is 13.6. The van der Waals surface area contributed by atoms with Crippen LogP contribution < -0.4 is 10.6 Å². The zero-order valence-electron chi connectivity index (χ0n) is 11.6. The summed E-state index contributed by atoms with van der Waals surface area (Å²) in [5.74, 6) is 0. The van der Waals surface area contributed by atoms with Crippen LogP contribution in [0.15, 0.2) is 36.9 Å². The monoisotopic (exact) mass is 268 g/mol. The number of nitrogens with one attached hydrogen (secondary N) is 2. The standard InChI is InChI=1S/2C8H10N2/c2*1-3-9-5-8-6-10-4-2-7(1)8/h2*1,3,5,10H,2,4,6H2. The van der Waals surface area contributed by atoms with Crippen LogP contribution in [0.3, 0.4) is 0 Å². The highest BCUT2D eigenvalue weighted by Crippen LogP contribution is 2.10. The zero-order valence-corrected chi connectivity index (χ0v) is 11.6. The Labute approximate surface area is 119 Å². The normalized spacial score (nSPS) is 16.4. The molecule has 0 fully saturated rings. The third-order valence-corrected chi connectivity index (χ3v) is 3.78. The van der Waals surface area contributed by atoms with E-state index in [2.05, 4.69) is 32.7 Å². The van der Waals surface area contributed by atoms with Crippen molar-refractivity contribution in [1.82, 2.24) is 20.6 Å². The van der Waals surface area contributed by atoms with E-state index in [9.17, 15) is 0 Å². The summed E-state index contributed by atoms with van der Waals surface area (Å²) in [6.07, 6.45) is 9.92. The lowest BCUT2D eigenvalue weighted by atomic mass is 10.0. The third-order valence-electron chi connectivity index (χ3n) is 3.78. The molecule has 2 aliphatic heterocycles. The van der Waals surface area contributed by atoms with Crippen molar-refractivity contribution in [3.05, 3.63) is 59.2 Å². The SMILES string of the molecule is c1cc2c(cn1)CNCC2.c1cc2c(cn1)CNCC2. The van der Waals surface area contributed by atoms with Gasteiger partial charge >= 0.3 is 0 Å². The Morgan fingerprint density at radius 3 is 1.65 bits per heavy atom. The Bertz CT molecular complexity index is 466. The summed E-state index contributed by atoms with van der Waals surface area (Å²) < 4.78 is 0. The van der Waals surface area contributed by atoms with Gasteiger partial charge in [-0.05, 0) is 60.3 Å². The molecule has 2 N–H and O–H groups in total. The minimum atomic E-state index is 0.989. The van der Waals surface area contributed by atoms with Crippen LogP contribution >= 0.6 is 0 Å². The molecule has 2 aromatic rings. The molecule has 0 atom stereocenters. The number of hydrogen-bond donors (Lipinski definition) is 2. The van der Waals surface area contributed by atoms with Gasteiger partial charge in [0.05, 0.1) is 0 Å². The highest BCUT2D eigenvalue weighted by molar-refractivity contribution is 5.25. The van der Waals surface area contributed by atoms with Gasteiger partial charge < -0.3 is 10.6 Å². The molecule has 0 aromatic carbocycles. The van der Waals surface area contributed by atoms with Gasteiger partial charge in [-0.15, -0.1) is 0 Å². The average molecular weight is 268 g/mol. The third kappa shape index (κ3) is 3.21. The van der Waals surface area contributed by atoms with Crippen LogP contribution in [0.4, 0.5) is 0 Å². The first-order valence-corrected chi connectivity index (χ1v) is 7.18. The number of aromatic nitrogens is 2. The van der Waals surface area contributed by atoms with Gasteiger partial charge in [-0.1, -0.05) is 0 Å². The summed E-state index contributed by atoms with van der Waals surface area (Å²) in [7, 11) is 0. The molecule has 0 aliphatic carbocycles. The molecule has 20 heavy (non-hydrogen) atoms. The van der Waals surface area contributed by atoms with E-state index in [0.29, 0.717) is 0 Å². The van der Waals surface area contributed by atoms with E-state index in [1.807, 2.05) is 24.8 Å². The van der Waals surface area contributed by atoms with E-state index in [4.69, 9.17) is 0 Å². The largest absolute Gasteiger partial charge is 0.312 e. The van der Waals surface area contributed by atoms with Crippen LogP contribution in [0.5, 0.6) is 0 Å². The van der Waals surface area contributed by atoms with E-state index in [1.54, 1.807) is 0 Å². The van der Waals surface area contributed by atoms with Crippen molar-refractivity contribution in [1.29, 1.82) is 0 Å². The van der Waals surface area contributed by atoms with Crippen LogP contribution in [0.2, 0.25) is 0 Å². The fourth-order valence-corrected chi connectivity index (χ4v) is 2.61. The van der Waals surface area contributed by atoms with Gasteiger partial charge in [0.2, 0.25) is 0 Å². The Hall–Kier alpha value is -1.78. The predicted molar refractivity (Wildman–Crippen MR) is 79.3 cm³/mol. The van der Waals surface area contributed by atoms with Crippen LogP contribution in [-0.2, 0) is 25.9 Å². The molecule has 4 heterocycles. The fraction of sp³-hybridized carbons (Fsp3) is 0.375. The van der Waals surface area contributed by atoms with Crippen molar-refractivity contribution in [2.75, 3.05) is 13.1 Å². The summed E-state index contributed by atoms with van der Waals surface area (Å²) in [6, 6.07) is 4.21. The molecule has 0 saturated carbocycles. The van der Waals surface area contributed by atoms with Gasteiger partial charge in [-0.25, -0.2) is 0 Å². The van der Waals surface area contributed by atoms with Gasteiger partial charge in [0.25, 0.3) is 0 Å². The number of rotatable bonds is 0. The molecule has 4 rings (SSSR count). The predicted octanol–water partition coefficient (Wildman–Crippen LogP) is 1.45. The first kappa shape index (κ1) is 13.2. The second-order valence-electron chi connectivity index (χ2n) is 5.14. The van der Waals surface area contributed by atoms with Gasteiger partial charge in [-0.3, -0.25) is 9.97 Å². The van der Waals surface area contributed by atoms with Crippen LogP contribution in [-0.4, -0.2) is 23.1 Å².